The van der Waals surface area contributed by atoms with E-state index in [9.17, 15) is 16.8 Å². The van der Waals surface area contributed by atoms with Gasteiger partial charge in [0.1, 0.15) is 5.71 Å². The summed E-state index contributed by atoms with van der Waals surface area (Å²) in [6.07, 6.45) is 0. The molecule has 0 saturated heterocycles. The molecule has 0 radical (unpaired) electrons. The molecule has 0 saturated carbocycles. The fourth-order valence-electron chi connectivity index (χ4n) is 2.78. The molecule has 3 rings (SSSR count). The second kappa shape index (κ2) is 9.97. The molecule has 0 spiro atoms. The van der Waals surface area contributed by atoms with Crippen molar-refractivity contribution in [1.82, 2.24) is 9.66 Å². The Hall–Kier alpha value is -3.50. The van der Waals surface area contributed by atoms with E-state index in [1.165, 1.54) is 31.2 Å². The fraction of sp³-hybridized carbons (Fsp3) is 0.130. The number of nitrogens with one attached hydrogen (secondary N) is 2. The van der Waals surface area contributed by atoms with Crippen molar-refractivity contribution in [3.63, 3.8) is 0 Å². The summed E-state index contributed by atoms with van der Waals surface area (Å²) in [5, 5.41) is 8.03. The first-order chi connectivity index (χ1) is 15.6. The van der Waals surface area contributed by atoms with Crippen molar-refractivity contribution < 1.29 is 16.8 Å². The van der Waals surface area contributed by atoms with Gasteiger partial charge in [0, 0.05) is 5.56 Å². The first-order valence-corrected chi connectivity index (χ1v) is 12.9. The SMILES string of the molecule is CC(=NNS(=O)(=O)c1ccc(C)cc1)C(=NNS(=O)(=O)c1ccc(C)cc1)c1ccccc1. The smallest absolute Gasteiger partial charge is 0.200 e. The largest absolute Gasteiger partial charge is 0.276 e. The summed E-state index contributed by atoms with van der Waals surface area (Å²) >= 11 is 0. The molecule has 0 fully saturated rings. The van der Waals surface area contributed by atoms with E-state index in [0.717, 1.165) is 11.1 Å². The third-order valence-electron chi connectivity index (χ3n) is 4.66. The lowest BCUT2D eigenvalue weighted by molar-refractivity contribution is 0.582. The molecule has 0 aliphatic carbocycles. The number of rotatable bonds is 8. The lowest BCUT2D eigenvalue weighted by atomic mass is 10.1. The van der Waals surface area contributed by atoms with Gasteiger partial charge in [-0.2, -0.15) is 36.7 Å². The fourth-order valence-corrected chi connectivity index (χ4v) is 4.45. The van der Waals surface area contributed by atoms with Gasteiger partial charge in [0.05, 0.1) is 15.5 Å². The number of benzene rings is 3. The van der Waals surface area contributed by atoms with Gasteiger partial charge in [-0.15, -0.1) is 0 Å². The van der Waals surface area contributed by atoms with Crippen molar-refractivity contribution in [1.29, 1.82) is 0 Å². The summed E-state index contributed by atoms with van der Waals surface area (Å²) in [4.78, 5) is 4.51. The Balaban J connectivity index is 1.92. The first-order valence-electron chi connectivity index (χ1n) is 9.93. The van der Waals surface area contributed by atoms with Gasteiger partial charge in [0.15, 0.2) is 0 Å². The molecule has 0 aromatic heterocycles. The van der Waals surface area contributed by atoms with Crippen LogP contribution in [-0.4, -0.2) is 28.3 Å². The summed E-state index contributed by atoms with van der Waals surface area (Å²) in [7, 11) is -7.84. The zero-order valence-electron chi connectivity index (χ0n) is 18.3. The molecule has 0 bridgehead atoms. The van der Waals surface area contributed by atoms with Gasteiger partial charge < -0.3 is 0 Å². The Morgan fingerprint density at radius 3 is 1.52 bits per heavy atom. The Morgan fingerprint density at radius 1 is 0.636 bits per heavy atom. The van der Waals surface area contributed by atoms with Crippen LogP contribution in [0.25, 0.3) is 0 Å². The molecule has 3 aromatic carbocycles. The molecule has 33 heavy (non-hydrogen) atoms. The monoisotopic (exact) mass is 484 g/mol. The van der Waals surface area contributed by atoms with Crippen molar-refractivity contribution in [2.75, 3.05) is 0 Å². The van der Waals surface area contributed by atoms with Gasteiger partial charge in [-0.05, 0) is 45.0 Å². The number of hydrazone groups is 2. The molecule has 0 aliphatic heterocycles. The average Bonchev–Trinajstić information content (AvgIpc) is 2.79. The molecule has 10 heteroatoms. The molecule has 8 nitrogen and oxygen atoms in total. The number of sulfonamides is 2. The van der Waals surface area contributed by atoms with Crippen molar-refractivity contribution >= 4 is 31.5 Å². The Bertz CT molecular complexity index is 1380. The Morgan fingerprint density at radius 2 is 1.06 bits per heavy atom. The summed E-state index contributed by atoms with van der Waals surface area (Å²) in [6.45, 7) is 5.24. The van der Waals surface area contributed by atoms with Crippen LogP contribution in [-0.2, 0) is 20.0 Å². The summed E-state index contributed by atoms with van der Waals surface area (Å²) in [5.74, 6) is 0. The maximum atomic E-state index is 12.7. The summed E-state index contributed by atoms with van der Waals surface area (Å²) in [6, 6.07) is 21.4. The standard InChI is InChI=1S/C23H24N4O4S2/c1-17-9-13-21(14-10-17)32(28,29)26-24-19(3)23(20-7-5-4-6-8-20)25-27-33(30,31)22-15-11-18(2)12-16-22/h4-16,26-27H,1-3H3. The molecule has 2 N–H and O–H groups in total. The number of aryl methyl sites for hydroxylation is 2. The normalized spacial score (nSPS) is 12.9. The highest BCUT2D eigenvalue weighted by Gasteiger charge is 2.17. The number of hydrogen-bond donors (Lipinski definition) is 2. The van der Waals surface area contributed by atoms with Crippen LogP contribution in [0.4, 0.5) is 0 Å². The van der Waals surface area contributed by atoms with Crippen molar-refractivity contribution in [3.8, 4) is 0 Å². The maximum Gasteiger partial charge on any atom is 0.276 e. The van der Waals surface area contributed by atoms with Gasteiger partial charge in [0.25, 0.3) is 20.0 Å². The maximum absolute atomic E-state index is 12.7. The minimum atomic E-state index is -3.94. The van der Waals surface area contributed by atoms with Crippen LogP contribution in [0.2, 0.25) is 0 Å². The second-order valence-electron chi connectivity index (χ2n) is 7.34. The highest BCUT2D eigenvalue weighted by Crippen LogP contribution is 2.12. The van der Waals surface area contributed by atoms with Crippen LogP contribution in [0.3, 0.4) is 0 Å². The van der Waals surface area contributed by atoms with Gasteiger partial charge in [-0.25, -0.2) is 0 Å². The van der Waals surface area contributed by atoms with Crippen LogP contribution in [0, 0.1) is 13.8 Å². The highest BCUT2D eigenvalue weighted by atomic mass is 32.2. The molecular formula is C23H24N4O4S2. The highest BCUT2D eigenvalue weighted by molar-refractivity contribution is 7.89. The van der Waals surface area contributed by atoms with Crippen molar-refractivity contribution in [3.05, 3.63) is 95.6 Å². The molecule has 0 unspecified atom stereocenters. The third kappa shape index (κ3) is 6.27. The summed E-state index contributed by atoms with van der Waals surface area (Å²) in [5.41, 5.74) is 2.74. The molecular weight excluding hydrogens is 460 g/mol. The van der Waals surface area contributed by atoms with E-state index < -0.39 is 20.0 Å². The van der Waals surface area contributed by atoms with E-state index in [0.29, 0.717) is 5.56 Å². The van der Waals surface area contributed by atoms with E-state index in [-0.39, 0.29) is 21.2 Å². The van der Waals surface area contributed by atoms with E-state index in [4.69, 9.17) is 0 Å². The minimum absolute atomic E-state index is 0.0546. The zero-order valence-corrected chi connectivity index (χ0v) is 20.0. The predicted octanol–water partition coefficient (Wildman–Crippen LogP) is 3.34. The zero-order chi connectivity index (χ0) is 24.1. The molecule has 0 heterocycles. The summed E-state index contributed by atoms with van der Waals surface area (Å²) < 4.78 is 50.5. The Labute approximate surface area is 194 Å². The number of nitrogens with zero attached hydrogens (tertiary/aromatic N) is 2. The topological polar surface area (TPSA) is 117 Å². The Kier molecular flexibility index (Phi) is 7.29. The van der Waals surface area contributed by atoms with Gasteiger partial charge in [-0.3, -0.25) is 0 Å². The van der Waals surface area contributed by atoms with E-state index in [1.54, 1.807) is 54.6 Å². The minimum Gasteiger partial charge on any atom is -0.200 e. The second-order valence-corrected chi connectivity index (χ2v) is 10.7. The van der Waals surface area contributed by atoms with E-state index in [1.807, 2.05) is 13.8 Å². The molecule has 0 atom stereocenters. The van der Waals surface area contributed by atoms with Crippen LogP contribution in [0.5, 0.6) is 0 Å². The molecule has 0 amide bonds. The quantitative estimate of drug-likeness (QED) is 0.377. The van der Waals surface area contributed by atoms with Gasteiger partial charge in [-0.1, -0.05) is 65.7 Å². The lowest BCUT2D eigenvalue weighted by Gasteiger charge is -2.10. The first kappa shape index (κ1) is 24.1. The molecule has 3 aromatic rings. The molecule has 172 valence electrons. The lowest BCUT2D eigenvalue weighted by Crippen LogP contribution is -2.26. The van der Waals surface area contributed by atoms with Crippen LogP contribution < -0.4 is 9.66 Å². The average molecular weight is 485 g/mol. The van der Waals surface area contributed by atoms with Gasteiger partial charge in [0.2, 0.25) is 0 Å². The van der Waals surface area contributed by atoms with Crippen LogP contribution in [0.1, 0.15) is 23.6 Å². The van der Waals surface area contributed by atoms with Crippen molar-refractivity contribution in [2.45, 2.75) is 30.6 Å². The van der Waals surface area contributed by atoms with Crippen LogP contribution in [0.15, 0.2) is 98.9 Å². The van der Waals surface area contributed by atoms with Gasteiger partial charge >= 0.3 is 0 Å². The van der Waals surface area contributed by atoms with Crippen LogP contribution >= 0.6 is 0 Å². The number of hydrogen-bond acceptors (Lipinski definition) is 6. The third-order valence-corrected chi connectivity index (χ3v) is 7.11. The van der Waals surface area contributed by atoms with Crippen molar-refractivity contribution in [2.24, 2.45) is 10.2 Å². The van der Waals surface area contributed by atoms with E-state index >= 15 is 0 Å². The van der Waals surface area contributed by atoms with E-state index in [2.05, 4.69) is 19.9 Å². The molecule has 0 aliphatic rings. The predicted molar refractivity (Wildman–Crippen MR) is 129 cm³/mol.